The number of anilines is 1. The molecule has 1 saturated heterocycles. The number of aromatic nitrogens is 2. The second-order valence-corrected chi connectivity index (χ2v) is 5.71. The topological polar surface area (TPSA) is 71.3 Å². The average Bonchev–Trinajstić information content (AvgIpc) is 2.66. The summed E-state index contributed by atoms with van der Waals surface area (Å²) in [4.78, 5) is 10.4. The van der Waals surface area contributed by atoms with Crippen LogP contribution in [-0.2, 0) is 11.3 Å². The molecule has 1 aliphatic heterocycles. The number of methoxy groups -OCH3 is 1. The fourth-order valence-electron chi connectivity index (χ4n) is 2.95. The lowest BCUT2D eigenvalue weighted by Gasteiger charge is -2.34. The van der Waals surface area contributed by atoms with Gasteiger partial charge in [0.05, 0.1) is 25.5 Å². The molecule has 0 aliphatic carbocycles. The molecule has 1 fully saturated rings. The van der Waals surface area contributed by atoms with Crippen molar-refractivity contribution in [2.45, 2.75) is 25.6 Å². The first kappa shape index (κ1) is 16.2. The highest BCUT2D eigenvalue weighted by molar-refractivity contribution is 5.63. The molecule has 3 heterocycles. The third-order valence-electron chi connectivity index (χ3n) is 4.13. The van der Waals surface area contributed by atoms with Crippen LogP contribution < -0.4 is 9.64 Å². The van der Waals surface area contributed by atoms with Gasteiger partial charge in [0, 0.05) is 31.7 Å². The maximum absolute atomic E-state index is 9.44. The van der Waals surface area contributed by atoms with E-state index in [1.807, 2.05) is 24.4 Å². The number of hydrogen-bond acceptors (Lipinski definition) is 6. The summed E-state index contributed by atoms with van der Waals surface area (Å²) in [6.07, 6.45) is 7.42. The minimum absolute atomic E-state index is 0.129. The van der Waals surface area contributed by atoms with Crippen LogP contribution in [0, 0.1) is 11.3 Å². The Morgan fingerprint density at radius 2 is 2.29 bits per heavy atom. The Labute approximate surface area is 141 Å². The summed E-state index contributed by atoms with van der Waals surface area (Å²) in [5.74, 6) is 0.369. The fourth-order valence-corrected chi connectivity index (χ4v) is 2.95. The van der Waals surface area contributed by atoms with Crippen molar-refractivity contribution in [3.05, 3.63) is 47.9 Å². The second-order valence-electron chi connectivity index (χ2n) is 5.71. The molecule has 6 heteroatoms. The van der Waals surface area contributed by atoms with Crippen molar-refractivity contribution in [3.8, 4) is 11.9 Å². The lowest BCUT2D eigenvalue weighted by molar-refractivity contribution is 0.0314. The number of hydrogen-bond donors (Lipinski definition) is 0. The summed E-state index contributed by atoms with van der Waals surface area (Å²) in [6, 6.07) is 7.99. The quantitative estimate of drug-likeness (QED) is 0.842. The number of pyridine rings is 2. The van der Waals surface area contributed by atoms with Crippen molar-refractivity contribution in [1.29, 1.82) is 5.26 Å². The molecule has 0 spiro atoms. The monoisotopic (exact) mass is 324 g/mol. The maximum Gasteiger partial charge on any atom is 0.233 e. The number of piperidine rings is 1. The molecule has 2 aromatic heterocycles. The zero-order valence-corrected chi connectivity index (χ0v) is 13.7. The first-order valence-corrected chi connectivity index (χ1v) is 8.00. The van der Waals surface area contributed by atoms with Gasteiger partial charge in [0.1, 0.15) is 11.6 Å². The number of nitrogens with zero attached hydrogens (tertiary/aromatic N) is 4. The first-order valence-electron chi connectivity index (χ1n) is 8.00. The van der Waals surface area contributed by atoms with Crippen molar-refractivity contribution >= 4 is 5.69 Å². The molecule has 6 nitrogen and oxygen atoms in total. The smallest absolute Gasteiger partial charge is 0.233 e. The van der Waals surface area contributed by atoms with Crippen LogP contribution in [0.25, 0.3) is 0 Å². The molecule has 1 aliphatic rings. The normalized spacial score (nSPS) is 17.3. The SMILES string of the molecule is COc1nccc(N2CCC[C@H](OCc3cccnc3)C2)c1C#N. The van der Waals surface area contributed by atoms with Gasteiger partial charge in [0.15, 0.2) is 0 Å². The molecule has 0 unspecified atom stereocenters. The molecular formula is C18H20N4O2. The van der Waals surface area contributed by atoms with E-state index < -0.39 is 0 Å². The van der Waals surface area contributed by atoms with Crippen LogP contribution in [0.3, 0.4) is 0 Å². The van der Waals surface area contributed by atoms with E-state index in [9.17, 15) is 5.26 Å². The summed E-state index contributed by atoms with van der Waals surface area (Å²) >= 11 is 0. The Hall–Kier alpha value is -2.65. The van der Waals surface area contributed by atoms with E-state index in [4.69, 9.17) is 9.47 Å². The summed E-state index contributed by atoms with van der Waals surface area (Å²) in [7, 11) is 1.53. The predicted molar refractivity (Wildman–Crippen MR) is 89.8 cm³/mol. The van der Waals surface area contributed by atoms with E-state index in [0.717, 1.165) is 37.2 Å². The molecule has 0 aromatic carbocycles. The van der Waals surface area contributed by atoms with Crippen LogP contribution >= 0.6 is 0 Å². The zero-order chi connectivity index (χ0) is 16.8. The van der Waals surface area contributed by atoms with Gasteiger partial charge < -0.3 is 14.4 Å². The Morgan fingerprint density at radius 3 is 3.04 bits per heavy atom. The van der Waals surface area contributed by atoms with Crippen molar-refractivity contribution in [2.24, 2.45) is 0 Å². The van der Waals surface area contributed by atoms with Gasteiger partial charge in [0.25, 0.3) is 0 Å². The van der Waals surface area contributed by atoms with Gasteiger partial charge >= 0.3 is 0 Å². The lowest BCUT2D eigenvalue weighted by atomic mass is 10.1. The van der Waals surface area contributed by atoms with Crippen LogP contribution in [0.5, 0.6) is 5.88 Å². The molecule has 124 valence electrons. The van der Waals surface area contributed by atoms with E-state index >= 15 is 0 Å². The lowest BCUT2D eigenvalue weighted by Crippen LogP contribution is -2.40. The molecule has 0 bridgehead atoms. The van der Waals surface area contributed by atoms with Gasteiger partial charge in [-0.25, -0.2) is 4.98 Å². The fraction of sp³-hybridized carbons (Fsp3) is 0.389. The predicted octanol–water partition coefficient (Wildman–Crippen LogP) is 2.54. The minimum Gasteiger partial charge on any atom is -0.480 e. The average molecular weight is 324 g/mol. The zero-order valence-electron chi connectivity index (χ0n) is 13.7. The summed E-state index contributed by atoms with van der Waals surface area (Å²) in [5, 5.41) is 9.44. The van der Waals surface area contributed by atoms with E-state index in [-0.39, 0.29) is 6.10 Å². The van der Waals surface area contributed by atoms with Crippen LogP contribution in [0.2, 0.25) is 0 Å². The molecule has 24 heavy (non-hydrogen) atoms. The highest BCUT2D eigenvalue weighted by Gasteiger charge is 2.24. The molecule has 2 aromatic rings. The third kappa shape index (κ3) is 3.63. The Kier molecular flexibility index (Phi) is 5.24. The van der Waals surface area contributed by atoms with E-state index in [2.05, 4.69) is 20.9 Å². The molecule has 0 saturated carbocycles. The minimum atomic E-state index is 0.129. The highest BCUT2D eigenvalue weighted by Crippen LogP contribution is 2.29. The van der Waals surface area contributed by atoms with Gasteiger partial charge in [-0.2, -0.15) is 5.26 Å². The summed E-state index contributed by atoms with van der Waals surface area (Å²) in [6.45, 7) is 2.20. The van der Waals surface area contributed by atoms with E-state index in [1.54, 1.807) is 12.4 Å². The molecular weight excluding hydrogens is 304 g/mol. The van der Waals surface area contributed by atoms with Gasteiger partial charge in [-0.3, -0.25) is 4.98 Å². The van der Waals surface area contributed by atoms with Gasteiger partial charge in [-0.15, -0.1) is 0 Å². The molecule has 0 amide bonds. The van der Waals surface area contributed by atoms with Gasteiger partial charge in [-0.1, -0.05) is 6.07 Å². The van der Waals surface area contributed by atoms with E-state index in [1.165, 1.54) is 7.11 Å². The van der Waals surface area contributed by atoms with Crippen molar-refractivity contribution in [3.63, 3.8) is 0 Å². The summed E-state index contributed by atoms with van der Waals surface area (Å²) < 4.78 is 11.2. The van der Waals surface area contributed by atoms with Crippen molar-refractivity contribution < 1.29 is 9.47 Å². The molecule has 0 radical (unpaired) electrons. The van der Waals surface area contributed by atoms with Crippen LogP contribution in [0.1, 0.15) is 24.0 Å². The van der Waals surface area contributed by atoms with Crippen molar-refractivity contribution in [1.82, 2.24) is 9.97 Å². The first-order chi connectivity index (χ1) is 11.8. The number of nitriles is 1. The Bertz CT molecular complexity index is 715. The number of rotatable bonds is 5. The van der Waals surface area contributed by atoms with E-state index in [0.29, 0.717) is 18.1 Å². The van der Waals surface area contributed by atoms with Gasteiger partial charge in [-0.05, 0) is 30.5 Å². The molecule has 1 atom stereocenters. The molecule has 3 rings (SSSR count). The van der Waals surface area contributed by atoms with Gasteiger partial charge in [0.2, 0.25) is 5.88 Å². The molecule has 0 N–H and O–H groups in total. The van der Waals surface area contributed by atoms with Crippen LogP contribution in [0.15, 0.2) is 36.8 Å². The Balaban J connectivity index is 1.69. The number of ether oxygens (including phenoxy) is 2. The van der Waals surface area contributed by atoms with Crippen molar-refractivity contribution in [2.75, 3.05) is 25.1 Å². The largest absolute Gasteiger partial charge is 0.480 e. The summed E-state index contributed by atoms with van der Waals surface area (Å²) in [5.41, 5.74) is 2.41. The second kappa shape index (κ2) is 7.75. The Morgan fingerprint density at radius 1 is 1.38 bits per heavy atom. The van der Waals surface area contributed by atoms with Crippen LogP contribution in [0.4, 0.5) is 5.69 Å². The third-order valence-corrected chi connectivity index (χ3v) is 4.13. The maximum atomic E-state index is 9.44. The highest BCUT2D eigenvalue weighted by atomic mass is 16.5. The van der Waals surface area contributed by atoms with Crippen LogP contribution in [-0.4, -0.2) is 36.3 Å². The standard InChI is InChI=1S/C18H20N4O2/c1-23-18-16(10-19)17(6-8-21-18)22-9-3-5-15(12-22)24-13-14-4-2-7-20-11-14/h2,4,6-8,11,15H,3,5,9,12-13H2,1H3/t15-/m0/s1.